The number of hydrazine groups is 1. The summed E-state index contributed by atoms with van der Waals surface area (Å²) in [6.07, 6.45) is 2.35. The molecule has 0 spiro atoms. The van der Waals surface area contributed by atoms with Gasteiger partial charge in [-0.05, 0) is 41.7 Å². The summed E-state index contributed by atoms with van der Waals surface area (Å²) in [5.74, 6) is 2.34. The van der Waals surface area contributed by atoms with E-state index in [1.807, 2.05) is 36.6 Å². The van der Waals surface area contributed by atoms with E-state index in [0.717, 1.165) is 17.7 Å². The SMILES string of the molecule is C#CCN1CC(=O)N2[C@@H](CCSC)C(=O)N(Cc3cccc(C(F)(F)F)c3)C[C@@H]2N1C(=O)NCc1ccccc1. The van der Waals surface area contributed by atoms with Crippen LogP contribution in [0.2, 0.25) is 0 Å². The second kappa shape index (κ2) is 12.7. The average Bonchev–Trinajstić information content (AvgIpc) is 2.92. The third-order valence-corrected chi connectivity index (χ3v) is 7.47. The molecule has 0 bridgehead atoms. The van der Waals surface area contributed by atoms with Crippen molar-refractivity contribution in [3.05, 3.63) is 71.3 Å². The zero-order valence-electron chi connectivity index (χ0n) is 21.9. The summed E-state index contributed by atoms with van der Waals surface area (Å²) >= 11 is 1.51. The largest absolute Gasteiger partial charge is 0.416 e. The first kappa shape index (κ1) is 29.3. The highest BCUT2D eigenvalue weighted by Crippen LogP contribution is 2.32. The molecule has 2 aromatic carbocycles. The third kappa shape index (κ3) is 6.54. The van der Waals surface area contributed by atoms with E-state index in [1.54, 1.807) is 0 Å². The van der Waals surface area contributed by atoms with Crippen molar-refractivity contribution in [1.29, 1.82) is 0 Å². The fourth-order valence-corrected chi connectivity index (χ4v) is 5.47. The lowest BCUT2D eigenvalue weighted by Crippen LogP contribution is -2.76. The summed E-state index contributed by atoms with van der Waals surface area (Å²) in [6.45, 7) is -0.173. The van der Waals surface area contributed by atoms with E-state index in [0.29, 0.717) is 17.7 Å². The summed E-state index contributed by atoms with van der Waals surface area (Å²) in [6, 6.07) is 12.7. The number of amides is 4. The Bertz CT molecular complexity index is 1270. The highest BCUT2D eigenvalue weighted by Gasteiger charge is 2.51. The van der Waals surface area contributed by atoms with Crippen LogP contribution >= 0.6 is 11.8 Å². The minimum absolute atomic E-state index is 0.0219. The lowest BCUT2D eigenvalue weighted by molar-refractivity contribution is -0.189. The van der Waals surface area contributed by atoms with E-state index >= 15 is 0 Å². The van der Waals surface area contributed by atoms with Crippen LogP contribution in [-0.4, -0.2) is 81.5 Å². The van der Waals surface area contributed by atoms with Crippen LogP contribution in [0.25, 0.3) is 0 Å². The third-order valence-electron chi connectivity index (χ3n) is 6.82. The molecular weight excluding hydrogens is 543 g/mol. The van der Waals surface area contributed by atoms with Crippen molar-refractivity contribution in [2.24, 2.45) is 0 Å². The second-order valence-corrected chi connectivity index (χ2v) is 10.5. The maximum absolute atomic E-state index is 13.6. The molecule has 2 fully saturated rings. The molecule has 1 N–H and O–H groups in total. The maximum atomic E-state index is 13.6. The number of thioether (sulfide) groups is 1. The van der Waals surface area contributed by atoms with Crippen molar-refractivity contribution >= 4 is 29.6 Å². The molecule has 2 heterocycles. The fourth-order valence-electron chi connectivity index (χ4n) is 5.01. The minimum atomic E-state index is -4.53. The first-order valence-corrected chi connectivity index (χ1v) is 14.1. The first-order chi connectivity index (χ1) is 19.1. The Labute approximate surface area is 235 Å². The van der Waals surface area contributed by atoms with Gasteiger partial charge in [0.25, 0.3) is 0 Å². The Hall–Kier alpha value is -3.69. The van der Waals surface area contributed by atoms with Crippen LogP contribution in [-0.2, 0) is 28.9 Å². The smallest absolute Gasteiger partial charge is 0.333 e. The summed E-state index contributed by atoms with van der Waals surface area (Å²) in [4.78, 5) is 43.4. The molecule has 2 aromatic rings. The van der Waals surface area contributed by atoms with Crippen LogP contribution in [0.1, 0.15) is 23.1 Å². The number of hydrogen-bond donors (Lipinski definition) is 1. The van der Waals surface area contributed by atoms with Gasteiger partial charge in [-0.1, -0.05) is 48.4 Å². The zero-order chi connectivity index (χ0) is 28.9. The molecule has 12 heteroatoms. The van der Waals surface area contributed by atoms with E-state index in [4.69, 9.17) is 6.42 Å². The van der Waals surface area contributed by atoms with Gasteiger partial charge in [0.1, 0.15) is 12.2 Å². The summed E-state index contributed by atoms with van der Waals surface area (Å²) in [5, 5.41) is 5.71. The molecular formula is C28H30F3N5O3S. The van der Waals surface area contributed by atoms with Gasteiger partial charge < -0.3 is 15.1 Å². The normalized spacial score (nSPS) is 19.8. The average molecular weight is 574 g/mol. The Balaban J connectivity index is 1.66. The van der Waals surface area contributed by atoms with E-state index in [9.17, 15) is 27.6 Å². The van der Waals surface area contributed by atoms with E-state index in [-0.39, 0.29) is 44.5 Å². The predicted molar refractivity (Wildman–Crippen MR) is 145 cm³/mol. The Kier molecular flexibility index (Phi) is 9.27. The van der Waals surface area contributed by atoms with Crippen molar-refractivity contribution in [1.82, 2.24) is 25.1 Å². The quantitative estimate of drug-likeness (QED) is 0.490. The van der Waals surface area contributed by atoms with Gasteiger partial charge in [-0.15, -0.1) is 6.42 Å². The van der Waals surface area contributed by atoms with Crippen LogP contribution in [0.3, 0.4) is 0 Å². The summed E-state index contributed by atoms with van der Waals surface area (Å²) in [5.41, 5.74) is 0.347. The number of piperazine rings is 1. The number of halogens is 3. The number of rotatable bonds is 8. The zero-order valence-corrected chi connectivity index (χ0v) is 22.8. The number of carbonyl (C=O) groups excluding carboxylic acids is 3. The molecule has 0 unspecified atom stereocenters. The highest BCUT2D eigenvalue weighted by molar-refractivity contribution is 7.98. The molecule has 4 rings (SSSR count). The molecule has 4 amide bonds. The van der Waals surface area contributed by atoms with Crippen molar-refractivity contribution < 1.29 is 27.6 Å². The second-order valence-electron chi connectivity index (χ2n) is 9.51. The molecule has 40 heavy (non-hydrogen) atoms. The number of hydrogen-bond acceptors (Lipinski definition) is 5. The number of nitrogens with zero attached hydrogens (tertiary/aromatic N) is 4. The number of carbonyl (C=O) groups is 3. The van der Waals surface area contributed by atoms with Crippen LogP contribution in [0.4, 0.5) is 18.0 Å². The van der Waals surface area contributed by atoms with Crippen molar-refractivity contribution in [2.45, 2.75) is 37.9 Å². The molecule has 2 saturated heterocycles. The van der Waals surface area contributed by atoms with Crippen LogP contribution in [0, 0.1) is 12.3 Å². The molecule has 0 aromatic heterocycles. The maximum Gasteiger partial charge on any atom is 0.416 e. The van der Waals surface area contributed by atoms with Gasteiger partial charge in [0.15, 0.2) is 0 Å². The molecule has 2 atom stereocenters. The fraction of sp³-hybridized carbons (Fsp3) is 0.393. The number of nitrogens with one attached hydrogen (secondary N) is 1. The van der Waals surface area contributed by atoms with Crippen LogP contribution in [0.5, 0.6) is 0 Å². The number of alkyl halides is 3. The van der Waals surface area contributed by atoms with Crippen molar-refractivity contribution in [3.63, 3.8) is 0 Å². The van der Waals surface area contributed by atoms with Gasteiger partial charge in [0, 0.05) is 13.1 Å². The lowest BCUT2D eigenvalue weighted by atomic mass is 10.0. The highest BCUT2D eigenvalue weighted by atomic mass is 32.2. The summed E-state index contributed by atoms with van der Waals surface area (Å²) in [7, 11) is 0. The number of terminal acetylenes is 1. The number of fused-ring (bicyclic) bond motifs is 1. The molecule has 2 aliphatic heterocycles. The van der Waals surface area contributed by atoms with Crippen LogP contribution in [0.15, 0.2) is 54.6 Å². The van der Waals surface area contributed by atoms with Crippen molar-refractivity contribution in [3.8, 4) is 12.3 Å². The monoisotopic (exact) mass is 573 g/mol. The molecule has 0 radical (unpaired) electrons. The van der Waals surface area contributed by atoms with Gasteiger partial charge >= 0.3 is 12.2 Å². The standard InChI is InChI=1S/C28H30F3N5O3S/c1-3-13-34-19-25(37)35-23(12-14-40-2)26(38)33(17-21-10-7-11-22(15-21)28(29,30)31)18-24(35)36(34)27(39)32-16-20-8-5-4-6-9-20/h1,4-11,15,23-24H,12-14,16-19H2,2H3,(H,32,39)/t23-,24-/m0/s1. The van der Waals surface area contributed by atoms with Gasteiger partial charge in [-0.2, -0.15) is 29.9 Å². The van der Waals surface area contributed by atoms with E-state index < -0.39 is 30.0 Å². The van der Waals surface area contributed by atoms with Crippen molar-refractivity contribution in [2.75, 3.05) is 31.6 Å². The summed E-state index contributed by atoms with van der Waals surface area (Å²) < 4.78 is 40.0. The van der Waals surface area contributed by atoms with Crippen LogP contribution < -0.4 is 5.32 Å². The molecule has 0 aliphatic carbocycles. The molecule has 0 saturated carbocycles. The van der Waals surface area contributed by atoms with Gasteiger partial charge in [-0.25, -0.2) is 9.80 Å². The Morgan fingerprint density at radius 2 is 1.85 bits per heavy atom. The number of urea groups is 1. The van der Waals surface area contributed by atoms with Gasteiger partial charge in [-0.3, -0.25) is 9.59 Å². The van der Waals surface area contributed by atoms with Gasteiger partial charge in [0.2, 0.25) is 11.8 Å². The van der Waals surface area contributed by atoms with E-state index in [2.05, 4.69) is 11.2 Å². The molecule has 212 valence electrons. The predicted octanol–water partition coefficient (Wildman–Crippen LogP) is 3.40. The van der Waals surface area contributed by atoms with E-state index in [1.165, 1.54) is 43.7 Å². The first-order valence-electron chi connectivity index (χ1n) is 12.7. The Morgan fingerprint density at radius 3 is 2.52 bits per heavy atom. The lowest BCUT2D eigenvalue weighted by Gasteiger charge is -2.55. The Morgan fingerprint density at radius 1 is 1.12 bits per heavy atom. The number of benzene rings is 2. The minimum Gasteiger partial charge on any atom is -0.333 e. The topological polar surface area (TPSA) is 76.2 Å². The molecule has 2 aliphatic rings. The molecule has 8 nitrogen and oxygen atoms in total. The van der Waals surface area contributed by atoms with Gasteiger partial charge in [0.05, 0.1) is 25.2 Å².